The molecule has 1 heterocycles. The zero-order chi connectivity index (χ0) is 18.3. The van der Waals surface area contributed by atoms with Crippen molar-refractivity contribution in [2.45, 2.75) is 73.0 Å². The summed E-state index contributed by atoms with van der Waals surface area (Å²) in [6.07, 6.45) is 1.84. The van der Waals surface area contributed by atoms with Gasteiger partial charge in [-0.25, -0.2) is 12.7 Å². The first-order chi connectivity index (χ1) is 10.8. The fraction of sp³-hybridized carbons (Fsp3) is 0.944. The van der Waals surface area contributed by atoms with Gasteiger partial charge in [0, 0.05) is 5.41 Å². The summed E-state index contributed by atoms with van der Waals surface area (Å²) in [6, 6.07) is -0.224. The Balaban J connectivity index is 1.96. The van der Waals surface area contributed by atoms with Crippen LogP contribution in [0.3, 0.4) is 0 Å². The van der Waals surface area contributed by atoms with Crippen molar-refractivity contribution in [1.29, 1.82) is 0 Å². The Morgan fingerprint density at radius 1 is 1.29 bits per heavy atom. The minimum Gasteiger partial charge on any atom is -0.392 e. The van der Waals surface area contributed by atoms with Crippen molar-refractivity contribution in [3.8, 4) is 0 Å². The van der Waals surface area contributed by atoms with Crippen LogP contribution in [-0.4, -0.2) is 41.6 Å². The van der Waals surface area contributed by atoms with E-state index in [-0.39, 0.29) is 22.6 Å². The van der Waals surface area contributed by atoms with Crippen molar-refractivity contribution in [3.63, 3.8) is 0 Å². The summed E-state index contributed by atoms with van der Waals surface area (Å²) >= 11 is 0. The first kappa shape index (κ1) is 18.2. The maximum Gasteiger partial charge on any atom is 0.241 e. The van der Waals surface area contributed by atoms with Crippen molar-refractivity contribution >= 4 is 15.9 Å². The molecular weight excluding hydrogens is 326 g/mol. The summed E-state index contributed by atoms with van der Waals surface area (Å²) in [5.74, 6) is -0.589. The summed E-state index contributed by atoms with van der Waals surface area (Å²) in [6.45, 7) is 11.6. The number of sulfonamides is 1. The summed E-state index contributed by atoms with van der Waals surface area (Å²) < 4.78 is 26.9. The average Bonchev–Trinajstić information content (AvgIpc) is 2.90. The fourth-order valence-corrected chi connectivity index (χ4v) is 8.28. The number of aliphatic hydroxyl groups excluding tert-OH is 1. The molecule has 3 fully saturated rings. The Kier molecular flexibility index (Phi) is 3.76. The second kappa shape index (κ2) is 4.97. The molecule has 3 aliphatic rings. The van der Waals surface area contributed by atoms with Gasteiger partial charge in [-0.05, 0) is 36.0 Å². The van der Waals surface area contributed by atoms with Gasteiger partial charge in [-0.1, -0.05) is 41.5 Å². The van der Waals surface area contributed by atoms with Gasteiger partial charge in [0.1, 0.15) is 0 Å². The van der Waals surface area contributed by atoms with E-state index in [4.69, 9.17) is 0 Å². The predicted molar refractivity (Wildman–Crippen MR) is 92.6 cm³/mol. The number of carbonyl (C=O) groups is 1. The lowest BCUT2D eigenvalue weighted by Gasteiger charge is -2.38. The molecule has 24 heavy (non-hydrogen) atoms. The molecule has 138 valence electrons. The molecule has 0 aromatic carbocycles. The van der Waals surface area contributed by atoms with E-state index in [2.05, 4.69) is 13.8 Å². The summed E-state index contributed by atoms with van der Waals surface area (Å²) in [5.41, 5.74) is -0.825. The molecule has 1 aliphatic heterocycles. The molecule has 0 unspecified atom stereocenters. The number of hydrogen-bond acceptors (Lipinski definition) is 4. The molecule has 1 N–H and O–H groups in total. The second-order valence-electron chi connectivity index (χ2n) is 9.85. The molecule has 0 radical (unpaired) electrons. The van der Waals surface area contributed by atoms with Crippen LogP contribution in [0.25, 0.3) is 0 Å². The number of nitrogens with zero attached hydrogens (tertiary/aromatic N) is 1. The highest BCUT2D eigenvalue weighted by Gasteiger charge is 2.72. The van der Waals surface area contributed by atoms with Gasteiger partial charge in [-0.3, -0.25) is 4.79 Å². The molecule has 2 bridgehead atoms. The molecule has 0 aromatic heterocycles. The zero-order valence-electron chi connectivity index (χ0n) is 15.7. The molecule has 1 spiro atoms. The van der Waals surface area contributed by atoms with Gasteiger partial charge in [0.2, 0.25) is 15.9 Å². The van der Waals surface area contributed by atoms with E-state index in [1.807, 2.05) is 20.8 Å². The van der Waals surface area contributed by atoms with E-state index in [9.17, 15) is 18.3 Å². The molecule has 1 amide bonds. The van der Waals surface area contributed by atoms with Gasteiger partial charge < -0.3 is 5.11 Å². The van der Waals surface area contributed by atoms with E-state index in [1.165, 1.54) is 4.31 Å². The molecular formula is C18H31NO4S. The van der Waals surface area contributed by atoms with Crippen molar-refractivity contribution in [3.05, 3.63) is 0 Å². The number of fused-ring (bicyclic) bond motifs is 1. The summed E-state index contributed by atoms with van der Waals surface area (Å²) in [5, 5.41) is 10.5. The smallest absolute Gasteiger partial charge is 0.241 e. The van der Waals surface area contributed by atoms with Crippen LogP contribution in [0.2, 0.25) is 0 Å². The molecule has 5 atom stereocenters. The summed E-state index contributed by atoms with van der Waals surface area (Å²) in [7, 11) is -3.61. The van der Waals surface area contributed by atoms with Gasteiger partial charge in [-0.15, -0.1) is 0 Å². The van der Waals surface area contributed by atoms with Gasteiger partial charge in [0.25, 0.3) is 0 Å². The standard InChI is InChI=1S/C18H31NO4S/c1-11(14(20)16(2,3)4)15(21)19-13-9-12-7-8-18(13,17(12,5)6)10-24(19,22)23/h11-14,20H,7-10H2,1-6H3/t11-,12+,13+,14+,18+/m0/s1. The minimum atomic E-state index is -3.61. The Labute approximate surface area is 145 Å². The lowest BCUT2D eigenvalue weighted by atomic mass is 9.69. The molecule has 2 aliphatic carbocycles. The maximum atomic E-state index is 13.1. The van der Waals surface area contributed by atoms with Crippen LogP contribution in [0.4, 0.5) is 0 Å². The number of amides is 1. The summed E-state index contributed by atoms with van der Waals surface area (Å²) in [4.78, 5) is 13.1. The lowest BCUT2D eigenvalue weighted by Crippen LogP contribution is -2.49. The Morgan fingerprint density at radius 3 is 2.38 bits per heavy atom. The predicted octanol–water partition coefficient (Wildman–Crippen LogP) is 2.40. The van der Waals surface area contributed by atoms with E-state index >= 15 is 0 Å². The first-order valence-electron chi connectivity index (χ1n) is 9.00. The highest BCUT2D eigenvalue weighted by Crippen LogP contribution is 2.70. The minimum absolute atomic E-state index is 0.0500. The largest absolute Gasteiger partial charge is 0.392 e. The van der Waals surface area contributed by atoms with Crippen LogP contribution in [-0.2, 0) is 14.8 Å². The topological polar surface area (TPSA) is 74.7 Å². The highest BCUT2D eigenvalue weighted by atomic mass is 32.2. The molecule has 1 saturated heterocycles. The number of hydrogen-bond donors (Lipinski definition) is 1. The lowest BCUT2D eigenvalue weighted by molar-refractivity contribution is -0.139. The van der Waals surface area contributed by atoms with Crippen molar-refractivity contribution in [1.82, 2.24) is 4.31 Å². The SMILES string of the molecule is C[C@H](C(=O)N1[C@@H]2C[C@H]3CC[C@]2(CS1(=O)=O)C3(C)C)[C@@H](O)C(C)(C)C. The van der Waals surface area contributed by atoms with Crippen molar-refractivity contribution in [2.75, 3.05) is 5.75 Å². The van der Waals surface area contributed by atoms with Crippen LogP contribution in [0, 0.1) is 28.1 Å². The van der Waals surface area contributed by atoms with Gasteiger partial charge in [0.15, 0.2) is 0 Å². The van der Waals surface area contributed by atoms with Crippen LogP contribution in [0.1, 0.15) is 60.8 Å². The van der Waals surface area contributed by atoms with E-state index in [0.29, 0.717) is 5.92 Å². The Bertz CT molecular complexity index is 663. The van der Waals surface area contributed by atoms with E-state index < -0.39 is 33.4 Å². The van der Waals surface area contributed by atoms with Gasteiger partial charge >= 0.3 is 0 Å². The third-order valence-electron chi connectivity index (χ3n) is 7.38. The average molecular weight is 358 g/mol. The second-order valence-corrected chi connectivity index (χ2v) is 11.7. The third-order valence-corrected chi connectivity index (χ3v) is 9.29. The van der Waals surface area contributed by atoms with Crippen LogP contribution in [0.5, 0.6) is 0 Å². The number of carbonyl (C=O) groups excluding carboxylic acids is 1. The fourth-order valence-electron chi connectivity index (χ4n) is 5.66. The first-order valence-corrected chi connectivity index (χ1v) is 10.6. The normalized spacial score (nSPS) is 38.9. The van der Waals surface area contributed by atoms with E-state index in [1.54, 1.807) is 6.92 Å². The third kappa shape index (κ3) is 2.14. The molecule has 6 heteroatoms. The zero-order valence-corrected chi connectivity index (χ0v) is 16.5. The number of aliphatic hydroxyl groups is 1. The van der Waals surface area contributed by atoms with E-state index in [0.717, 1.165) is 19.3 Å². The van der Waals surface area contributed by atoms with Gasteiger partial charge in [-0.2, -0.15) is 0 Å². The Hall–Kier alpha value is -0.620. The quantitative estimate of drug-likeness (QED) is 0.823. The number of rotatable bonds is 2. The van der Waals surface area contributed by atoms with Crippen molar-refractivity contribution in [2.24, 2.45) is 28.1 Å². The van der Waals surface area contributed by atoms with Crippen LogP contribution < -0.4 is 0 Å². The van der Waals surface area contributed by atoms with Crippen LogP contribution >= 0.6 is 0 Å². The van der Waals surface area contributed by atoms with Gasteiger partial charge in [0.05, 0.1) is 23.8 Å². The molecule has 0 aromatic rings. The highest BCUT2D eigenvalue weighted by molar-refractivity contribution is 7.90. The monoisotopic (exact) mass is 357 g/mol. The maximum absolute atomic E-state index is 13.1. The van der Waals surface area contributed by atoms with Crippen molar-refractivity contribution < 1.29 is 18.3 Å². The molecule has 3 rings (SSSR count). The Morgan fingerprint density at radius 2 is 1.88 bits per heavy atom. The van der Waals surface area contributed by atoms with Crippen LogP contribution in [0.15, 0.2) is 0 Å². The molecule has 2 saturated carbocycles. The molecule has 5 nitrogen and oxygen atoms in total.